The van der Waals surface area contributed by atoms with Crippen LogP contribution in [-0.4, -0.2) is 32.0 Å². The molecule has 12 heteroatoms. The van der Waals surface area contributed by atoms with Gasteiger partial charge in [-0.1, -0.05) is 29.5 Å². The highest BCUT2D eigenvalue weighted by Crippen LogP contribution is 2.35. The second-order valence-electron chi connectivity index (χ2n) is 6.74. The fourth-order valence-electron chi connectivity index (χ4n) is 3.28. The van der Waals surface area contributed by atoms with Gasteiger partial charge in [0.1, 0.15) is 21.7 Å². The molecular formula is C20H15BrN8O2S. The fraction of sp³-hybridized carbons (Fsp3) is 0.100. The predicted octanol–water partition coefficient (Wildman–Crippen LogP) is 3.86. The Hall–Kier alpha value is -3.64. The topological polar surface area (TPSA) is 130 Å². The lowest BCUT2D eigenvalue weighted by molar-refractivity contribution is -0.113. The van der Waals surface area contributed by atoms with Crippen LogP contribution < -0.4 is 16.0 Å². The Bertz CT molecular complexity index is 1330. The number of aliphatic imine (C=N–C) groups is 1. The number of hydrogen-bond donors (Lipinski definition) is 3. The van der Waals surface area contributed by atoms with Gasteiger partial charge in [-0.05, 0) is 41.1 Å². The van der Waals surface area contributed by atoms with Crippen LogP contribution in [-0.2, 0) is 4.79 Å². The van der Waals surface area contributed by atoms with Gasteiger partial charge in [0.05, 0.1) is 5.57 Å². The molecule has 3 N–H and O–H groups in total. The number of carbonyl (C=O) groups excluding carboxylic acids is 1. The molecule has 1 aliphatic rings. The molecule has 1 aromatic carbocycles. The monoisotopic (exact) mass is 510 g/mol. The molecule has 3 aromatic heterocycles. The van der Waals surface area contributed by atoms with Gasteiger partial charge in [-0.2, -0.15) is 4.98 Å². The summed E-state index contributed by atoms with van der Waals surface area (Å²) in [4.78, 5) is 26.6. The maximum absolute atomic E-state index is 13.1. The number of guanidine groups is 1. The molecule has 0 saturated carbocycles. The van der Waals surface area contributed by atoms with Gasteiger partial charge in [-0.15, -0.1) is 10.2 Å². The number of fused-ring (bicyclic) bond motifs is 1. The first-order valence-corrected chi connectivity index (χ1v) is 11.1. The SMILES string of the molecule is CC1=C(C(=O)Nc2nncs2)C(c2cccnc2Br)N=C(Nc2nc3ccccc3o2)N1. The number of halogens is 1. The second kappa shape index (κ2) is 8.48. The van der Waals surface area contributed by atoms with Crippen molar-refractivity contribution >= 4 is 61.4 Å². The van der Waals surface area contributed by atoms with E-state index in [2.05, 4.69) is 52.0 Å². The number of carbonyl (C=O) groups is 1. The van der Waals surface area contributed by atoms with E-state index in [0.717, 1.165) is 11.1 Å². The summed E-state index contributed by atoms with van der Waals surface area (Å²) in [5.41, 5.74) is 4.70. The van der Waals surface area contributed by atoms with E-state index in [1.165, 1.54) is 11.3 Å². The number of aromatic nitrogens is 4. The number of benzene rings is 1. The number of para-hydroxylation sites is 2. The Morgan fingerprint density at radius 3 is 2.91 bits per heavy atom. The summed E-state index contributed by atoms with van der Waals surface area (Å²) in [6.45, 7) is 1.80. The lowest BCUT2D eigenvalue weighted by atomic mass is 9.97. The summed E-state index contributed by atoms with van der Waals surface area (Å²) >= 11 is 4.71. The van der Waals surface area contributed by atoms with E-state index in [-0.39, 0.29) is 11.9 Å². The first-order valence-electron chi connectivity index (χ1n) is 9.44. The third-order valence-corrected chi connectivity index (χ3v) is 5.94. The number of rotatable bonds is 4. The molecule has 0 saturated heterocycles. The maximum atomic E-state index is 13.1. The van der Waals surface area contributed by atoms with Crippen molar-refractivity contribution in [2.45, 2.75) is 13.0 Å². The van der Waals surface area contributed by atoms with Gasteiger partial charge < -0.3 is 9.73 Å². The first-order chi connectivity index (χ1) is 15.6. The van der Waals surface area contributed by atoms with Gasteiger partial charge in [-0.25, -0.2) is 9.98 Å². The van der Waals surface area contributed by atoms with Crippen molar-refractivity contribution in [1.82, 2.24) is 25.5 Å². The molecule has 5 rings (SSSR count). The molecule has 32 heavy (non-hydrogen) atoms. The number of hydrogen-bond acceptors (Lipinski definition) is 10. The third-order valence-electron chi connectivity index (χ3n) is 4.67. The summed E-state index contributed by atoms with van der Waals surface area (Å²) in [6, 6.07) is 10.8. The largest absolute Gasteiger partial charge is 0.423 e. The normalized spacial score (nSPS) is 15.9. The zero-order valence-electron chi connectivity index (χ0n) is 16.5. The molecule has 4 heterocycles. The predicted molar refractivity (Wildman–Crippen MR) is 124 cm³/mol. The van der Waals surface area contributed by atoms with Crippen molar-refractivity contribution in [2.24, 2.45) is 4.99 Å². The number of amides is 1. The molecule has 0 bridgehead atoms. The lowest BCUT2D eigenvalue weighted by Gasteiger charge is -2.26. The Labute approximate surface area is 194 Å². The van der Waals surface area contributed by atoms with Crippen LogP contribution in [0.4, 0.5) is 11.1 Å². The number of nitrogens with zero attached hydrogens (tertiary/aromatic N) is 5. The van der Waals surface area contributed by atoms with Crippen LogP contribution in [0.15, 0.2) is 73.4 Å². The second-order valence-corrected chi connectivity index (χ2v) is 8.32. The van der Waals surface area contributed by atoms with Crippen molar-refractivity contribution in [3.05, 3.63) is 69.5 Å². The van der Waals surface area contributed by atoms with Crippen molar-refractivity contribution in [3.63, 3.8) is 0 Å². The molecule has 1 amide bonds. The van der Waals surface area contributed by atoms with E-state index in [9.17, 15) is 4.79 Å². The van der Waals surface area contributed by atoms with Crippen LogP contribution in [0.25, 0.3) is 11.1 Å². The fourth-order valence-corrected chi connectivity index (χ4v) is 4.19. The van der Waals surface area contributed by atoms with Crippen LogP contribution >= 0.6 is 27.3 Å². The van der Waals surface area contributed by atoms with Crippen molar-refractivity contribution in [2.75, 3.05) is 10.6 Å². The molecule has 1 aliphatic heterocycles. The van der Waals surface area contributed by atoms with E-state index in [0.29, 0.717) is 32.5 Å². The van der Waals surface area contributed by atoms with E-state index in [1.807, 2.05) is 30.3 Å². The molecule has 1 unspecified atom stereocenters. The summed E-state index contributed by atoms with van der Waals surface area (Å²) in [6.07, 6.45) is 1.66. The van der Waals surface area contributed by atoms with E-state index in [1.54, 1.807) is 24.7 Å². The minimum Gasteiger partial charge on any atom is -0.423 e. The Kier molecular flexibility index (Phi) is 5.37. The molecule has 0 fully saturated rings. The van der Waals surface area contributed by atoms with E-state index < -0.39 is 6.04 Å². The number of anilines is 2. The van der Waals surface area contributed by atoms with Gasteiger partial charge in [0, 0.05) is 17.5 Å². The highest BCUT2D eigenvalue weighted by molar-refractivity contribution is 9.10. The molecule has 4 aromatic rings. The van der Waals surface area contributed by atoms with Gasteiger partial charge in [0.15, 0.2) is 5.58 Å². The van der Waals surface area contributed by atoms with Crippen LogP contribution in [0.2, 0.25) is 0 Å². The highest BCUT2D eigenvalue weighted by Gasteiger charge is 2.31. The minimum absolute atomic E-state index is 0.288. The maximum Gasteiger partial charge on any atom is 0.302 e. The standard InChI is InChI=1S/C20H15BrN8O2S/c1-10-14(17(30)27-20-29-23-9-32-20)15(11-5-4-8-22-16(11)21)26-18(24-10)28-19-25-12-6-2-3-7-13(12)31-19/h2-9,15H,1H3,(H,27,29,30)(H2,24,25,26,28). The number of oxazole rings is 1. The third kappa shape index (κ3) is 3.97. The Balaban J connectivity index is 1.50. The Morgan fingerprint density at radius 2 is 2.12 bits per heavy atom. The first kappa shape index (κ1) is 20.3. The van der Waals surface area contributed by atoms with E-state index in [4.69, 9.17) is 9.41 Å². The molecule has 1 atom stereocenters. The summed E-state index contributed by atoms with van der Waals surface area (Å²) < 4.78 is 6.33. The molecule has 160 valence electrons. The number of pyridine rings is 1. The van der Waals surface area contributed by atoms with Gasteiger partial charge in [0.2, 0.25) is 11.1 Å². The average Bonchev–Trinajstić information content (AvgIpc) is 3.42. The molecular weight excluding hydrogens is 496 g/mol. The quantitative estimate of drug-likeness (QED) is 0.352. The summed E-state index contributed by atoms with van der Waals surface area (Å²) in [5, 5.41) is 17.0. The van der Waals surface area contributed by atoms with Crippen LogP contribution in [0.5, 0.6) is 0 Å². The Morgan fingerprint density at radius 1 is 1.25 bits per heavy atom. The zero-order valence-corrected chi connectivity index (χ0v) is 18.9. The smallest absolute Gasteiger partial charge is 0.302 e. The summed E-state index contributed by atoms with van der Waals surface area (Å²) in [5.74, 6) is 0.0550. The van der Waals surface area contributed by atoms with Crippen LogP contribution in [0.1, 0.15) is 18.5 Å². The highest BCUT2D eigenvalue weighted by atomic mass is 79.9. The van der Waals surface area contributed by atoms with Crippen LogP contribution in [0, 0.1) is 0 Å². The number of allylic oxidation sites excluding steroid dienone is 1. The molecule has 0 radical (unpaired) electrons. The van der Waals surface area contributed by atoms with Gasteiger partial charge >= 0.3 is 6.01 Å². The lowest BCUT2D eigenvalue weighted by Crippen LogP contribution is -2.37. The number of nitrogens with one attached hydrogen (secondary N) is 3. The molecule has 0 spiro atoms. The van der Waals surface area contributed by atoms with Gasteiger partial charge in [0.25, 0.3) is 5.91 Å². The zero-order chi connectivity index (χ0) is 22.1. The molecule has 10 nitrogen and oxygen atoms in total. The minimum atomic E-state index is -0.640. The van der Waals surface area contributed by atoms with Crippen LogP contribution in [0.3, 0.4) is 0 Å². The molecule has 0 aliphatic carbocycles. The van der Waals surface area contributed by atoms with Crippen molar-refractivity contribution in [3.8, 4) is 0 Å². The average molecular weight is 511 g/mol. The summed E-state index contributed by atoms with van der Waals surface area (Å²) in [7, 11) is 0. The van der Waals surface area contributed by atoms with Gasteiger partial charge in [-0.3, -0.25) is 15.4 Å². The van der Waals surface area contributed by atoms with Crippen molar-refractivity contribution in [1.29, 1.82) is 0 Å². The van der Waals surface area contributed by atoms with Crippen molar-refractivity contribution < 1.29 is 9.21 Å². The van der Waals surface area contributed by atoms with E-state index >= 15 is 0 Å².